The van der Waals surface area contributed by atoms with Gasteiger partial charge in [-0.1, -0.05) is 27.5 Å². The summed E-state index contributed by atoms with van der Waals surface area (Å²) in [4.78, 5) is 1.94. The zero-order chi connectivity index (χ0) is 11.7. The molecular formula is C13H13Br2ClS. The number of hydrogen-bond donors (Lipinski definition) is 0. The van der Waals surface area contributed by atoms with Gasteiger partial charge in [0.15, 0.2) is 0 Å². The number of fused-ring (bicyclic) bond motifs is 5. The summed E-state index contributed by atoms with van der Waals surface area (Å²) < 4.78 is 1.08. The molecule has 4 rings (SSSR count). The highest BCUT2D eigenvalue weighted by Gasteiger charge is 2.66. The van der Waals surface area contributed by atoms with Gasteiger partial charge in [-0.3, -0.25) is 0 Å². The van der Waals surface area contributed by atoms with E-state index in [1.165, 1.54) is 24.1 Å². The number of hydrogen-bond acceptors (Lipinski definition) is 1. The van der Waals surface area contributed by atoms with Crippen LogP contribution in [-0.4, -0.2) is 0 Å². The lowest BCUT2D eigenvalue weighted by Gasteiger charge is -2.12. The van der Waals surface area contributed by atoms with Gasteiger partial charge in [0.05, 0.1) is 13.6 Å². The fourth-order valence-corrected chi connectivity index (χ4v) is 7.37. The maximum atomic E-state index is 6.13. The van der Waals surface area contributed by atoms with Crippen molar-refractivity contribution in [2.24, 2.45) is 29.6 Å². The third-order valence-corrected chi connectivity index (χ3v) is 9.03. The number of alkyl halides is 1. The molecule has 0 radical (unpaired) electrons. The Morgan fingerprint density at radius 1 is 1.29 bits per heavy atom. The van der Waals surface area contributed by atoms with Gasteiger partial charge in [0.25, 0.3) is 0 Å². The normalized spacial score (nSPS) is 43.8. The molecule has 3 fully saturated rings. The Labute approximate surface area is 127 Å². The molecule has 0 amide bonds. The van der Waals surface area contributed by atoms with Crippen molar-refractivity contribution in [2.75, 3.05) is 0 Å². The summed E-state index contributed by atoms with van der Waals surface area (Å²) in [7, 11) is 0. The molecule has 5 atom stereocenters. The van der Waals surface area contributed by atoms with Gasteiger partial charge in [-0.2, -0.15) is 0 Å². The average Bonchev–Trinajstić information content (AvgIpc) is 2.60. The van der Waals surface area contributed by atoms with E-state index in [0.717, 1.165) is 38.4 Å². The van der Waals surface area contributed by atoms with Crippen LogP contribution < -0.4 is 0 Å². The van der Waals surface area contributed by atoms with Crippen molar-refractivity contribution in [1.82, 2.24) is 0 Å². The highest BCUT2D eigenvalue weighted by Crippen LogP contribution is 2.73. The summed E-state index contributed by atoms with van der Waals surface area (Å²) in [5.74, 6) is 5.04. The third-order valence-electron chi connectivity index (χ3n) is 5.07. The average molecular weight is 397 g/mol. The van der Waals surface area contributed by atoms with Crippen LogP contribution in [0.1, 0.15) is 29.0 Å². The Hall–Kier alpha value is 0.950. The fourth-order valence-electron chi connectivity index (χ4n) is 4.47. The molecule has 3 saturated carbocycles. The molecule has 4 heteroatoms. The van der Waals surface area contributed by atoms with Crippen LogP contribution in [0.2, 0.25) is 5.02 Å². The van der Waals surface area contributed by atoms with Gasteiger partial charge in [0.1, 0.15) is 0 Å². The largest absolute Gasteiger partial charge is 0.130 e. The predicted octanol–water partition coefficient (Wildman–Crippen LogP) is 5.89. The topological polar surface area (TPSA) is 0 Å². The summed E-state index contributed by atoms with van der Waals surface area (Å²) in [5.41, 5.74) is 0. The Balaban J connectivity index is 1.57. The van der Waals surface area contributed by atoms with E-state index in [2.05, 4.69) is 37.9 Å². The highest BCUT2D eigenvalue weighted by molar-refractivity contribution is 9.11. The monoisotopic (exact) mass is 394 g/mol. The predicted molar refractivity (Wildman–Crippen MR) is 80.0 cm³/mol. The van der Waals surface area contributed by atoms with E-state index in [1.54, 1.807) is 11.3 Å². The second-order valence-electron chi connectivity index (χ2n) is 5.74. The molecule has 92 valence electrons. The quantitative estimate of drug-likeness (QED) is 0.547. The Kier molecular flexibility index (Phi) is 2.75. The zero-order valence-electron chi connectivity index (χ0n) is 9.20. The molecule has 0 spiro atoms. The molecule has 1 heterocycles. The van der Waals surface area contributed by atoms with Crippen LogP contribution in [0.3, 0.4) is 0 Å². The lowest BCUT2D eigenvalue weighted by molar-refractivity contribution is 0.456. The van der Waals surface area contributed by atoms with Crippen molar-refractivity contribution in [3.05, 3.63) is 19.8 Å². The molecule has 2 bridgehead atoms. The maximum absolute atomic E-state index is 6.13. The first-order chi connectivity index (χ1) is 8.16. The van der Waals surface area contributed by atoms with E-state index in [-0.39, 0.29) is 0 Å². The summed E-state index contributed by atoms with van der Waals surface area (Å²) in [6.45, 7) is 0. The van der Waals surface area contributed by atoms with E-state index in [4.69, 9.17) is 11.6 Å². The summed E-state index contributed by atoms with van der Waals surface area (Å²) in [6, 6.07) is 2.13. The molecule has 0 saturated heterocycles. The minimum atomic E-state index is 0.537. The van der Waals surface area contributed by atoms with Gasteiger partial charge >= 0.3 is 0 Å². The lowest BCUT2D eigenvalue weighted by Crippen LogP contribution is -2.02. The van der Waals surface area contributed by atoms with Gasteiger partial charge < -0.3 is 0 Å². The minimum Gasteiger partial charge on any atom is -0.130 e. The van der Waals surface area contributed by atoms with E-state index in [0.29, 0.717) is 4.83 Å². The van der Waals surface area contributed by atoms with E-state index < -0.39 is 0 Å². The van der Waals surface area contributed by atoms with E-state index in [9.17, 15) is 0 Å². The van der Waals surface area contributed by atoms with Crippen molar-refractivity contribution in [2.45, 2.75) is 24.1 Å². The molecule has 5 unspecified atom stereocenters. The van der Waals surface area contributed by atoms with Crippen LogP contribution in [0.4, 0.5) is 0 Å². The summed E-state index contributed by atoms with van der Waals surface area (Å²) in [5, 5.41) is 0.864. The van der Waals surface area contributed by atoms with Crippen LogP contribution in [0.15, 0.2) is 9.85 Å². The maximum Gasteiger partial charge on any atom is 0.0887 e. The number of halogens is 3. The molecule has 3 aliphatic rings. The molecule has 17 heavy (non-hydrogen) atoms. The van der Waals surface area contributed by atoms with Crippen molar-refractivity contribution in [1.29, 1.82) is 0 Å². The van der Waals surface area contributed by atoms with Crippen molar-refractivity contribution in [3.63, 3.8) is 0 Å². The Bertz CT molecular complexity index is 436. The van der Waals surface area contributed by atoms with E-state index in [1.807, 2.05) is 0 Å². The van der Waals surface area contributed by atoms with Crippen molar-refractivity contribution in [3.8, 4) is 0 Å². The summed E-state index contributed by atoms with van der Waals surface area (Å²) in [6.07, 6.45) is 4.52. The first kappa shape index (κ1) is 11.7. The third kappa shape index (κ3) is 1.65. The molecule has 0 N–H and O–H groups in total. The van der Waals surface area contributed by atoms with Crippen LogP contribution in [-0.2, 0) is 0 Å². The Morgan fingerprint density at radius 3 is 2.47 bits per heavy atom. The molecule has 1 aromatic rings. The number of rotatable bonds is 2. The van der Waals surface area contributed by atoms with Crippen LogP contribution in [0.5, 0.6) is 0 Å². The summed E-state index contributed by atoms with van der Waals surface area (Å²) >= 11 is 15.4. The molecule has 3 aliphatic carbocycles. The molecule has 1 aromatic heterocycles. The van der Waals surface area contributed by atoms with Crippen LogP contribution in [0, 0.1) is 29.6 Å². The minimum absolute atomic E-state index is 0.537. The van der Waals surface area contributed by atoms with Gasteiger partial charge in [0.2, 0.25) is 0 Å². The zero-order valence-corrected chi connectivity index (χ0v) is 13.9. The lowest BCUT2D eigenvalue weighted by atomic mass is 10.00. The first-order valence-corrected chi connectivity index (χ1v) is 9.16. The van der Waals surface area contributed by atoms with Crippen molar-refractivity contribution < 1.29 is 0 Å². The van der Waals surface area contributed by atoms with Crippen molar-refractivity contribution >= 4 is 54.8 Å². The second kappa shape index (κ2) is 3.97. The van der Waals surface area contributed by atoms with Crippen LogP contribution in [0.25, 0.3) is 0 Å². The molecular weight excluding hydrogens is 383 g/mol. The highest BCUT2D eigenvalue weighted by atomic mass is 79.9. The van der Waals surface area contributed by atoms with Gasteiger partial charge in [-0.25, -0.2) is 0 Å². The van der Waals surface area contributed by atoms with E-state index >= 15 is 0 Å². The van der Waals surface area contributed by atoms with Gasteiger partial charge in [-0.15, -0.1) is 11.3 Å². The van der Waals surface area contributed by atoms with Gasteiger partial charge in [-0.05, 0) is 70.8 Å². The molecule has 0 nitrogen and oxygen atoms in total. The second-order valence-corrected chi connectivity index (χ2v) is 9.53. The molecule has 0 aromatic carbocycles. The van der Waals surface area contributed by atoms with Gasteiger partial charge in [0, 0.05) is 4.88 Å². The van der Waals surface area contributed by atoms with Crippen LogP contribution >= 0.6 is 54.8 Å². The smallest absolute Gasteiger partial charge is 0.0887 e. The fraction of sp³-hybridized carbons (Fsp3) is 0.692. The molecule has 0 aliphatic heterocycles. The number of thiophene rings is 1. The first-order valence-electron chi connectivity index (χ1n) is 6.25. The SMILES string of the molecule is Clc1cc(C(Br)C2C3C4CCC(C4)C32)sc1Br. The Morgan fingerprint density at radius 2 is 1.94 bits per heavy atom. The standard InChI is InChI=1S/C13H13Br2ClS/c14-12(8-4-7(16)13(15)17-8)11-9-5-1-2-6(3-5)10(9)11/h4-6,9-12H,1-3H2.